The van der Waals surface area contributed by atoms with Crippen LogP contribution in [0.2, 0.25) is 0 Å². The molecule has 3 N–H and O–H groups in total. The number of aryl methyl sites for hydroxylation is 1. The SMILES string of the molecule is C=C(C)Nc1ccc(Cc2ccnc3cc(C#CC)c(C(=C)N)cc23)cc1C. The number of nitrogens with zero attached hydrogens (tertiary/aromatic N) is 1. The summed E-state index contributed by atoms with van der Waals surface area (Å²) in [4.78, 5) is 4.53. The molecular weight excluding hydrogens is 342 g/mol. The largest absolute Gasteiger partial charge is 0.399 e. The molecule has 0 saturated carbocycles. The number of pyridine rings is 1. The summed E-state index contributed by atoms with van der Waals surface area (Å²) < 4.78 is 0. The second-order valence-corrected chi connectivity index (χ2v) is 7.02. The van der Waals surface area contributed by atoms with Gasteiger partial charge in [-0.2, -0.15) is 0 Å². The van der Waals surface area contributed by atoms with Gasteiger partial charge in [-0.1, -0.05) is 31.2 Å². The Hall–Kier alpha value is -3.51. The van der Waals surface area contributed by atoms with Crippen molar-refractivity contribution in [3.8, 4) is 11.8 Å². The lowest BCUT2D eigenvalue weighted by atomic mass is 9.95. The molecule has 2 aromatic carbocycles. The lowest BCUT2D eigenvalue weighted by Gasteiger charge is -2.13. The van der Waals surface area contributed by atoms with E-state index in [4.69, 9.17) is 5.73 Å². The van der Waals surface area contributed by atoms with E-state index in [0.717, 1.165) is 39.8 Å². The van der Waals surface area contributed by atoms with E-state index >= 15 is 0 Å². The summed E-state index contributed by atoms with van der Waals surface area (Å²) in [5.41, 5.74) is 14.8. The summed E-state index contributed by atoms with van der Waals surface area (Å²) >= 11 is 0. The van der Waals surface area contributed by atoms with Gasteiger partial charge in [-0.3, -0.25) is 4.98 Å². The van der Waals surface area contributed by atoms with Gasteiger partial charge in [0, 0.05) is 39.8 Å². The van der Waals surface area contributed by atoms with Crippen molar-refractivity contribution in [2.24, 2.45) is 5.73 Å². The fourth-order valence-corrected chi connectivity index (χ4v) is 3.33. The van der Waals surface area contributed by atoms with Crippen molar-refractivity contribution in [1.82, 2.24) is 4.98 Å². The van der Waals surface area contributed by atoms with Gasteiger partial charge < -0.3 is 11.1 Å². The maximum Gasteiger partial charge on any atom is 0.0717 e. The van der Waals surface area contributed by atoms with Crippen LogP contribution in [0.3, 0.4) is 0 Å². The molecule has 3 nitrogen and oxygen atoms in total. The quantitative estimate of drug-likeness (QED) is 0.595. The zero-order valence-electron chi connectivity index (χ0n) is 16.7. The Morgan fingerprint density at radius 2 is 1.96 bits per heavy atom. The van der Waals surface area contributed by atoms with Crippen LogP contribution >= 0.6 is 0 Å². The number of benzene rings is 2. The van der Waals surface area contributed by atoms with Gasteiger partial charge in [0.15, 0.2) is 0 Å². The molecule has 0 aliphatic rings. The number of hydrogen-bond donors (Lipinski definition) is 2. The van der Waals surface area contributed by atoms with Crippen LogP contribution in [0, 0.1) is 18.8 Å². The predicted octanol–water partition coefficient (Wildman–Crippen LogP) is 5.38. The topological polar surface area (TPSA) is 50.9 Å². The van der Waals surface area contributed by atoms with Crippen LogP contribution < -0.4 is 11.1 Å². The molecule has 28 heavy (non-hydrogen) atoms. The van der Waals surface area contributed by atoms with E-state index in [-0.39, 0.29) is 0 Å². The maximum absolute atomic E-state index is 6.02. The summed E-state index contributed by atoms with van der Waals surface area (Å²) in [6.45, 7) is 13.7. The summed E-state index contributed by atoms with van der Waals surface area (Å²) in [5.74, 6) is 6.04. The summed E-state index contributed by atoms with van der Waals surface area (Å²) in [6.07, 6.45) is 2.66. The monoisotopic (exact) mass is 367 g/mol. The molecule has 0 amide bonds. The zero-order chi connectivity index (χ0) is 20.3. The number of fused-ring (bicyclic) bond motifs is 1. The molecule has 0 radical (unpaired) electrons. The summed E-state index contributed by atoms with van der Waals surface area (Å²) in [6, 6.07) is 12.6. The lowest BCUT2D eigenvalue weighted by molar-refractivity contribution is 1.18. The fraction of sp³-hybridized carbons (Fsp3) is 0.160. The molecule has 1 heterocycles. The Kier molecular flexibility index (Phi) is 5.52. The molecule has 0 atom stereocenters. The average molecular weight is 367 g/mol. The van der Waals surface area contributed by atoms with E-state index in [1.54, 1.807) is 0 Å². The van der Waals surface area contributed by atoms with Gasteiger partial charge in [0.1, 0.15) is 0 Å². The van der Waals surface area contributed by atoms with Crippen LogP contribution in [0.1, 0.15) is 41.7 Å². The Bertz CT molecular complexity index is 1140. The smallest absolute Gasteiger partial charge is 0.0717 e. The van der Waals surface area contributed by atoms with Gasteiger partial charge in [0.05, 0.1) is 5.52 Å². The van der Waals surface area contributed by atoms with E-state index in [1.807, 2.05) is 26.1 Å². The highest BCUT2D eigenvalue weighted by Gasteiger charge is 2.10. The molecule has 0 unspecified atom stereocenters. The van der Waals surface area contributed by atoms with Gasteiger partial charge in [0.25, 0.3) is 0 Å². The summed E-state index contributed by atoms with van der Waals surface area (Å²) in [5, 5.41) is 4.37. The van der Waals surface area contributed by atoms with Crippen LogP contribution in [0.15, 0.2) is 61.4 Å². The summed E-state index contributed by atoms with van der Waals surface area (Å²) in [7, 11) is 0. The van der Waals surface area contributed by atoms with Gasteiger partial charge >= 0.3 is 0 Å². The normalized spacial score (nSPS) is 10.2. The first-order chi connectivity index (χ1) is 13.4. The van der Waals surface area contributed by atoms with Crippen molar-refractivity contribution in [2.45, 2.75) is 27.2 Å². The minimum Gasteiger partial charge on any atom is -0.399 e. The molecular formula is C25H25N3. The Morgan fingerprint density at radius 3 is 2.61 bits per heavy atom. The molecule has 1 aromatic heterocycles. The van der Waals surface area contributed by atoms with E-state index in [0.29, 0.717) is 5.70 Å². The van der Waals surface area contributed by atoms with Gasteiger partial charge in [-0.25, -0.2) is 0 Å². The molecule has 3 rings (SSSR count). The van der Waals surface area contributed by atoms with Crippen molar-refractivity contribution in [1.29, 1.82) is 0 Å². The van der Waals surface area contributed by atoms with Crippen LogP contribution in [-0.4, -0.2) is 4.98 Å². The molecule has 0 fully saturated rings. The van der Waals surface area contributed by atoms with Crippen molar-refractivity contribution in [3.05, 3.63) is 89.3 Å². The second kappa shape index (κ2) is 8.02. The third kappa shape index (κ3) is 4.07. The third-order valence-electron chi connectivity index (χ3n) is 4.61. The van der Waals surface area contributed by atoms with Crippen molar-refractivity contribution in [2.75, 3.05) is 5.32 Å². The minimum atomic E-state index is 0.514. The predicted molar refractivity (Wildman–Crippen MR) is 120 cm³/mol. The molecule has 0 bridgehead atoms. The zero-order valence-corrected chi connectivity index (χ0v) is 16.7. The van der Waals surface area contributed by atoms with Crippen LogP contribution in [0.25, 0.3) is 16.6 Å². The second-order valence-electron chi connectivity index (χ2n) is 7.02. The molecule has 0 aliphatic heterocycles. The number of aromatic nitrogens is 1. The van der Waals surface area contributed by atoms with Crippen molar-refractivity contribution < 1.29 is 0 Å². The van der Waals surface area contributed by atoms with Crippen LogP contribution in [0.5, 0.6) is 0 Å². The average Bonchev–Trinajstić information content (AvgIpc) is 2.63. The Balaban J connectivity index is 2.05. The maximum atomic E-state index is 6.02. The highest BCUT2D eigenvalue weighted by atomic mass is 14.9. The first-order valence-corrected chi connectivity index (χ1v) is 9.20. The Morgan fingerprint density at radius 1 is 1.18 bits per heavy atom. The van der Waals surface area contributed by atoms with Gasteiger partial charge in [0.2, 0.25) is 0 Å². The first kappa shape index (κ1) is 19.3. The molecule has 3 aromatic rings. The Labute approximate surface area is 167 Å². The number of anilines is 1. The van der Waals surface area contributed by atoms with E-state index in [9.17, 15) is 0 Å². The standard InChI is InChI=1S/C25H25N3/c1-6-7-20-14-25-23(15-22(20)18(5)26)21(10-11-27-25)13-19-8-9-24(17(4)12-19)28-16(2)3/h8-12,14-15,28H,2,5,13,26H2,1,3-4H3. The van der Waals surface area contributed by atoms with Crippen LogP contribution in [-0.2, 0) is 6.42 Å². The fourth-order valence-electron chi connectivity index (χ4n) is 3.33. The number of rotatable bonds is 5. The minimum absolute atomic E-state index is 0.514. The van der Waals surface area contributed by atoms with Crippen molar-refractivity contribution in [3.63, 3.8) is 0 Å². The van der Waals surface area contributed by atoms with E-state index < -0.39 is 0 Å². The first-order valence-electron chi connectivity index (χ1n) is 9.20. The number of nitrogens with two attached hydrogens (primary N) is 1. The van der Waals surface area contributed by atoms with Gasteiger partial charge in [-0.15, -0.1) is 5.92 Å². The molecule has 140 valence electrons. The van der Waals surface area contributed by atoms with Crippen molar-refractivity contribution >= 4 is 22.3 Å². The lowest BCUT2D eigenvalue weighted by Crippen LogP contribution is -2.00. The van der Waals surface area contributed by atoms with Crippen LogP contribution in [0.4, 0.5) is 5.69 Å². The third-order valence-corrected chi connectivity index (χ3v) is 4.61. The van der Waals surface area contributed by atoms with Gasteiger partial charge in [-0.05, 0) is 68.1 Å². The number of allylic oxidation sites excluding steroid dienone is 1. The molecule has 0 saturated heterocycles. The molecule has 0 aliphatic carbocycles. The number of hydrogen-bond acceptors (Lipinski definition) is 3. The highest BCUT2D eigenvalue weighted by Crippen LogP contribution is 2.27. The number of nitrogens with one attached hydrogen (secondary N) is 1. The molecule has 0 spiro atoms. The highest BCUT2D eigenvalue weighted by molar-refractivity contribution is 5.88. The van der Waals surface area contributed by atoms with E-state index in [1.165, 1.54) is 16.7 Å². The van der Waals surface area contributed by atoms with E-state index in [2.05, 4.69) is 72.6 Å². The molecule has 3 heteroatoms.